The first-order valence-corrected chi connectivity index (χ1v) is 15.1. The summed E-state index contributed by atoms with van der Waals surface area (Å²) < 4.78 is 41.7. The number of rotatable bonds is 10. The molecular formula is C31H32N2O6S. The van der Waals surface area contributed by atoms with Gasteiger partial charge in [0.15, 0.2) is 16.2 Å². The molecule has 8 nitrogen and oxygen atoms in total. The normalized spacial score (nSPS) is 15.9. The highest BCUT2D eigenvalue weighted by atomic mass is 32.2. The van der Waals surface area contributed by atoms with E-state index in [0.717, 1.165) is 33.5 Å². The second-order valence-corrected chi connectivity index (χ2v) is 12.1. The molecule has 1 unspecified atom stereocenters. The lowest BCUT2D eigenvalue weighted by Gasteiger charge is -2.38. The fraction of sp³-hybridized carbons (Fsp3) is 0.323. The van der Waals surface area contributed by atoms with Gasteiger partial charge in [0.25, 0.3) is 0 Å². The molecule has 40 heavy (non-hydrogen) atoms. The molecule has 0 amide bonds. The average molecular weight is 561 g/mol. The van der Waals surface area contributed by atoms with Gasteiger partial charge in [-0.2, -0.15) is 4.91 Å². The van der Waals surface area contributed by atoms with E-state index in [1.54, 1.807) is 19.2 Å². The fourth-order valence-electron chi connectivity index (χ4n) is 5.46. The number of ether oxygens (including phenoxy) is 2. The van der Waals surface area contributed by atoms with E-state index in [9.17, 15) is 13.3 Å². The first-order chi connectivity index (χ1) is 19.3. The molecule has 3 aromatic carbocycles. The third-order valence-corrected chi connectivity index (χ3v) is 8.83. The van der Waals surface area contributed by atoms with Gasteiger partial charge in [0, 0.05) is 57.3 Å². The monoisotopic (exact) mass is 560 g/mol. The van der Waals surface area contributed by atoms with Gasteiger partial charge >= 0.3 is 0 Å². The van der Waals surface area contributed by atoms with Gasteiger partial charge in [-0.25, -0.2) is 13.4 Å². The molecule has 0 spiro atoms. The molecule has 0 aliphatic carbocycles. The third-order valence-electron chi connectivity index (χ3n) is 7.71. The van der Waals surface area contributed by atoms with Crippen LogP contribution in [0, 0.1) is 4.91 Å². The highest BCUT2D eigenvalue weighted by Crippen LogP contribution is 2.43. The minimum absolute atomic E-state index is 0.0693. The van der Waals surface area contributed by atoms with Gasteiger partial charge in [-0.1, -0.05) is 65.8 Å². The fourth-order valence-corrected chi connectivity index (χ4v) is 6.09. The van der Waals surface area contributed by atoms with E-state index in [2.05, 4.69) is 16.2 Å². The smallest absolute Gasteiger partial charge is 0.181 e. The number of sulfone groups is 1. The van der Waals surface area contributed by atoms with Crippen molar-refractivity contribution in [1.82, 2.24) is 4.98 Å². The zero-order valence-electron chi connectivity index (χ0n) is 22.6. The first kappa shape index (κ1) is 27.9. The van der Waals surface area contributed by atoms with E-state index in [4.69, 9.17) is 13.9 Å². The van der Waals surface area contributed by atoms with E-state index >= 15 is 0 Å². The molecule has 1 saturated heterocycles. The van der Waals surface area contributed by atoms with Gasteiger partial charge in [0.05, 0.1) is 17.0 Å². The quantitative estimate of drug-likeness (QED) is 0.214. The van der Waals surface area contributed by atoms with Crippen LogP contribution in [-0.4, -0.2) is 46.5 Å². The van der Waals surface area contributed by atoms with E-state index < -0.39 is 15.4 Å². The van der Waals surface area contributed by atoms with Crippen molar-refractivity contribution in [3.05, 3.63) is 101 Å². The second kappa shape index (κ2) is 11.8. The molecule has 2 heterocycles. The first-order valence-electron chi connectivity index (χ1n) is 13.2. The Kier molecular flexibility index (Phi) is 8.25. The maximum Gasteiger partial charge on any atom is 0.181 e. The Labute approximate surface area is 234 Å². The SMILES string of the molecule is COC1(c2cc(C(CN=O)Cc3ocnc3-c3ccccc3)ccc2-c2ccc(S(C)(=O)=O)cc2)CCOCC1. The highest BCUT2D eigenvalue weighted by Gasteiger charge is 2.37. The van der Waals surface area contributed by atoms with Crippen LogP contribution in [0.4, 0.5) is 0 Å². The summed E-state index contributed by atoms with van der Waals surface area (Å²) in [5.74, 6) is 0.441. The van der Waals surface area contributed by atoms with Crippen molar-refractivity contribution in [2.24, 2.45) is 5.18 Å². The standard InChI is InChI=1S/C31H32N2O6S/c1-37-31(14-16-38-17-15-31)28-18-24(10-13-27(28)22-8-11-26(12-9-22)40(2,35)36)25(20-33-34)19-29-30(32-21-39-29)23-6-4-3-5-7-23/h3-13,18,21,25H,14-17,19-20H2,1-2H3. The maximum atomic E-state index is 12.0. The Hall–Kier alpha value is -3.66. The maximum absolute atomic E-state index is 12.0. The van der Waals surface area contributed by atoms with Crippen LogP contribution < -0.4 is 0 Å². The van der Waals surface area contributed by atoms with Crippen LogP contribution in [0.1, 0.15) is 35.6 Å². The molecule has 0 bridgehead atoms. The van der Waals surface area contributed by atoms with Crippen LogP contribution >= 0.6 is 0 Å². The number of hydrogen-bond donors (Lipinski definition) is 0. The summed E-state index contributed by atoms with van der Waals surface area (Å²) in [6, 6.07) is 22.8. The molecule has 1 atom stereocenters. The Bertz CT molecular complexity index is 1560. The second-order valence-electron chi connectivity index (χ2n) is 10.1. The largest absolute Gasteiger partial charge is 0.448 e. The van der Waals surface area contributed by atoms with Gasteiger partial charge in [-0.15, -0.1) is 0 Å². The molecule has 5 rings (SSSR count). The Balaban J connectivity index is 1.58. The predicted molar refractivity (Wildman–Crippen MR) is 153 cm³/mol. The minimum Gasteiger partial charge on any atom is -0.448 e. The summed E-state index contributed by atoms with van der Waals surface area (Å²) in [6.07, 6.45) is 4.40. The third kappa shape index (κ3) is 5.77. The van der Waals surface area contributed by atoms with Crippen LogP contribution in [-0.2, 0) is 31.3 Å². The molecule has 0 saturated carbocycles. The van der Waals surface area contributed by atoms with Crippen molar-refractivity contribution in [3.8, 4) is 22.4 Å². The zero-order chi connectivity index (χ0) is 28.2. The van der Waals surface area contributed by atoms with Crippen molar-refractivity contribution in [2.75, 3.05) is 33.1 Å². The Morgan fingerprint density at radius 3 is 2.38 bits per heavy atom. The van der Waals surface area contributed by atoms with Gasteiger partial charge in [0.2, 0.25) is 0 Å². The summed E-state index contributed by atoms with van der Waals surface area (Å²) >= 11 is 0. The number of nitrogens with zero attached hydrogens (tertiary/aromatic N) is 2. The van der Waals surface area contributed by atoms with Crippen molar-refractivity contribution >= 4 is 9.84 Å². The molecule has 1 fully saturated rings. The Morgan fingerprint density at radius 1 is 1.00 bits per heavy atom. The van der Waals surface area contributed by atoms with Crippen molar-refractivity contribution in [1.29, 1.82) is 0 Å². The van der Waals surface area contributed by atoms with Gasteiger partial charge in [0.1, 0.15) is 11.5 Å². The summed E-state index contributed by atoms with van der Waals surface area (Å²) in [5.41, 5.74) is 4.82. The molecule has 0 radical (unpaired) electrons. The number of methoxy groups -OCH3 is 1. The van der Waals surface area contributed by atoms with Gasteiger partial charge in [-0.3, -0.25) is 0 Å². The molecule has 1 aromatic heterocycles. The minimum atomic E-state index is -3.32. The van der Waals surface area contributed by atoms with Crippen molar-refractivity contribution in [3.63, 3.8) is 0 Å². The van der Waals surface area contributed by atoms with E-state index in [-0.39, 0.29) is 17.4 Å². The number of hydrogen-bond acceptors (Lipinski definition) is 8. The summed E-state index contributed by atoms with van der Waals surface area (Å²) in [4.78, 5) is 16.3. The van der Waals surface area contributed by atoms with Crippen molar-refractivity contribution < 1.29 is 22.3 Å². The zero-order valence-corrected chi connectivity index (χ0v) is 23.4. The summed E-state index contributed by atoms with van der Waals surface area (Å²) in [6.45, 7) is 1.19. The molecule has 208 valence electrons. The molecule has 0 N–H and O–H groups in total. The molecule has 1 aliphatic heterocycles. The van der Waals surface area contributed by atoms with Gasteiger partial charge < -0.3 is 13.9 Å². The van der Waals surface area contributed by atoms with E-state index in [1.165, 1.54) is 12.6 Å². The molecule has 4 aromatic rings. The van der Waals surface area contributed by atoms with Crippen LogP contribution in [0.25, 0.3) is 22.4 Å². The van der Waals surface area contributed by atoms with Crippen molar-refractivity contribution in [2.45, 2.75) is 35.7 Å². The number of benzene rings is 3. The lowest BCUT2D eigenvalue weighted by atomic mass is 9.79. The topological polar surface area (TPSA) is 108 Å². The summed E-state index contributed by atoms with van der Waals surface area (Å²) in [7, 11) is -1.61. The van der Waals surface area contributed by atoms with Gasteiger partial charge in [-0.05, 0) is 34.4 Å². The molecule has 1 aliphatic rings. The van der Waals surface area contributed by atoms with E-state index in [0.29, 0.717) is 38.2 Å². The summed E-state index contributed by atoms with van der Waals surface area (Å²) in [5, 5.41) is 3.27. The highest BCUT2D eigenvalue weighted by molar-refractivity contribution is 7.90. The molecule has 9 heteroatoms. The predicted octanol–water partition coefficient (Wildman–Crippen LogP) is 6.16. The van der Waals surface area contributed by atoms with Crippen LogP contribution in [0.3, 0.4) is 0 Å². The van der Waals surface area contributed by atoms with Crippen LogP contribution in [0.2, 0.25) is 0 Å². The van der Waals surface area contributed by atoms with E-state index in [1.807, 2.05) is 54.6 Å². The molecular weight excluding hydrogens is 528 g/mol. The number of aromatic nitrogens is 1. The number of oxazole rings is 1. The van der Waals surface area contributed by atoms with Crippen LogP contribution in [0.15, 0.2) is 93.7 Å². The van der Waals surface area contributed by atoms with Crippen LogP contribution in [0.5, 0.6) is 0 Å². The Morgan fingerprint density at radius 2 is 1.73 bits per heavy atom. The lowest BCUT2D eigenvalue weighted by Crippen LogP contribution is -2.36. The average Bonchev–Trinajstić information content (AvgIpc) is 3.45. The number of nitroso groups, excluding NO2 is 1. The lowest BCUT2D eigenvalue weighted by molar-refractivity contribution is -0.0944.